The van der Waals surface area contributed by atoms with Crippen LogP contribution in [0.5, 0.6) is 0 Å². The lowest BCUT2D eigenvalue weighted by molar-refractivity contribution is -0.129. The van der Waals surface area contributed by atoms with Crippen molar-refractivity contribution in [2.24, 2.45) is 5.92 Å². The molecule has 4 heteroatoms. The van der Waals surface area contributed by atoms with Gasteiger partial charge < -0.3 is 10.6 Å². The van der Waals surface area contributed by atoms with Crippen molar-refractivity contribution in [3.8, 4) is 0 Å². The normalized spacial score (nSPS) is 11.2. The molecular formula is C25H34N2O2. The molecule has 0 heterocycles. The van der Waals surface area contributed by atoms with Crippen molar-refractivity contribution < 1.29 is 9.59 Å². The Morgan fingerprint density at radius 1 is 0.759 bits per heavy atom. The highest BCUT2D eigenvalue weighted by Crippen LogP contribution is 2.30. The van der Waals surface area contributed by atoms with Crippen LogP contribution in [0.1, 0.15) is 75.1 Å². The summed E-state index contributed by atoms with van der Waals surface area (Å²) >= 11 is 0. The average molecular weight is 395 g/mol. The van der Waals surface area contributed by atoms with E-state index in [2.05, 4.69) is 38.3 Å². The molecule has 0 bridgehead atoms. The van der Waals surface area contributed by atoms with Crippen molar-refractivity contribution in [3.05, 3.63) is 58.7 Å². The molecule has 0 atom stereocenters. The molecule has 0 aliphatic carbocycles. The van der Waals surface area contributed by atoms with Crippen molar-refractivity contribution in [2.45, 2.75) is 66.7 Å². The molecule has 0 spiro atoms. The summed E-state index contributed by atoms with van der Waals surface area (Å²) in [6.45, 7) is 14.2. The van der Waals surface area contributed by atoms with Crippen LogP contribution in [0.2, 0.25) is 0 Å². The highest BCUT2D eigenvalue weighted by molar-refractivity contribution is 6.11. The monoisotopic (exact) mass is 394 g/mol. The molecule has 156 valence electrons. The zero-order valence-corrected chi connectivity index (χ0v) is 18.7. The van der Waals surface area contributed by atoms with E-state index < -0.39 is 5.92 Å². The summed E-state index contributed by atoms with van der Waals surface area (Å²) in [7, 11) is 0. The number of nitrogens with one attached hydrogen (secondary N) is 2. The Balaban J connectivity index is 2.27. The van der Waals surface area contributed by atoms with E-state index in [1.54, 1.807) is 0 Å². The van der Waals surface area contributed by atoms with Gasteiger partial charge in [0.2, 0.25) is 11.8 Å². The van der Waals surface area contributed by atoms with Gasteiger partial charge >= 0.3 is 0 Å². The fourth-order valence-electron chi connectivity index (χ4n) is 3.60. The first-order chi connectivity index (χ1) is 13.7. The molecule has 0 unspecified atom stereocenters. The van der Waals surface area contributed by atoms with Crippen molar-refractivity contribution in [1.82, 2.24) is 0 Å². The maximum Gasteiger partial charge on any atom is 0.236 e. The second-order valence-electron chi connectivity index (χ2n) is 8.33. The molecule has 2 aromatic carbocycles. The zero-order valence-electron chi connectivity index (χ0n) is 18.7. The van der Waals surface area contributed by atoms with Gasteiger partial charge in [0, 0.05) is 11.4 Å². The molecule has 0 saturated carbocycles. The number of aryl methyl sites for hydroxylation is 2. The van der Waals surface area contributed by atoms with Crippen LogP contribution in [0.15, 0.2) is 36.4 Å². The summed E-state index contributed by atoms with van der Waals surface area (Å²) in [5.74, 6) is -0.727. The van der Waals surface area contributed by atoms with Crippen LogP contribution in [0.3, 0.4) is 0 Å². The van der Waals surface area contributed by atoms with E-state index in [1.165, 1.54) is 0 Å². The molecule has 2 amide bonds. The minimum absolute atomic E-state index is 0.263. The molecule has 29 heavy (non-hydrogen) atoms. The number of amides is 2. The lowest BCUT2D eigenvalue weighted by atomic mass is 9.96. The van der Waals surface area contributed by atoms with Gasteiger partial charge in [-0.15, -0.1) is 0 Å². The summed E-state index contributed by atoms with van der Waals surface area (Å²) in [5, 5.41) is 6.06. The molecule has 0 radical (unpaired) electrons. The fourth-order valence-corrected chi connectivity index (χ4v) is 3.60. The topological polar surface area (TPSA) is 58.2 Å². The van der Waals surface area contributed by atoms with Gasteiger partial charge in [0.25, 0.3) is 0 Å². The number of hydrogen-bond acceptors (Lipinski definition) is 2. The first kappa shape index (κ1) is 22.7. The summed E-state index contributed by atoms with van der Waals surface area (Å²) in [6.07, 6.45) is 0.434. The van der Waals surface area contributed by atoms with Crippen LogP contribution in [-0.4, -0.2) is 11.8 Å². The maximum atomic E-state index is 13.0. The largest absolute Gasteiger partial charge is 0.325 e. The number of benzene rings is 2. The van der Waals surface area contributed by atoms with Gasteiger partial charge in [0.05, 0.1) is 0 Å². The van der Waals surface area contributed by atoms with Crippen LogP contribution in [-0.2, 0) is 9.59 Å². The Bertz CT molecular complexity index is 813. The van der Waals surface area contributed by atoms with Gasteiger partial charge in [-0.05, 0) is 54.4 Å². The first-order valence-electron chi connectivity index (χ1n) is 10.5. The third-order valence-electron chi connectivity index (χ3n) is 5.39. The third kappa shape index (κ3) is 5.26. The molecule has 0 aliphatic heterocycles. The standard InChI is InChI=1S/C25H34N2O2/c1-8-19(24(28)26-22-17(6)11-9-13-20(22)15(2)3)25(29)27-23-18(7)12-10-14-21(23)16(4)5/h9-16,19H,8H2,1-7H3,(H,26,28)(H,27,29). The predicted molar refractivity (Wildman–Crippen MR) is 122 cm³/mol. The molecule has 0 aromatic heterocycles. The Kier molecular flexibility index (Phi) is 7.60. The molecule has 2 aromatic rings. The number of para-hydroxylation sites is 2. The average Bonchev–Trinajstić information content (AvgIpc) is 2.65. The molecule has 0 fully saturated rings. The second kappa shape index (κ2) is 9.73. The van der Waals surface area contributed by atoms with E-state index in [0.29, 0.717) is 6.42 Å². The van der Waals surface area contributed by atoms with Gasteiger partial charge in [-0.1, -0.05) is 71.0 Å². The fraction of sp³-hybridized carbons (Fsp3) is 0.440. The molecule has 0 saturated heterocycles. The molecule has 2 N–H and O–H groups in total. The smallest absolute Gasteiger partial charge is 0.236 e. The highest BCUT2D eigenvalue weighted by atomic mass is 16.2. The van der Waals surface area contributed by atoms with Gasteiger partial charge in [-0.2, -0.15) is 0 Å². The Hall–Kier alpha value is -2.62. The minimum atomic E-state index is -0.755. The van der Waals surface area contributed by atoms with Crippen molar-refractivity contribution in [3.63, 3.8) is 0 Å². The van der Waals surface area contributed by atoms with Gasteiger partial charge in [-0.3, -0.25) is 9.59 Å². The summed E-state index contributed by atoms with van der Waals surface area (Å²) in [5.41, 5.74) is 5.79. The van der Waals surface area contributed by atoms with Gasteiger partial charge in [0.1, 0.15) is 5.92 Å². The minimum Gasteiger partial charge on any atom is -0.325 e. The van der Waals surface area contributed by atoms with E-state index >= 15 is 0 Å². The summed E-state index contributed by atoms with van der Waals surface area (Å²) in [4.78, 5) is 26.1. The van der Waals surface area contributed by atoms with E-state index in [9.17, 15) is 9.59 Å². The number of anilines is 2. The zero-order chi connectivity index (χ0) is 21.7. The number of carbonyl (C=O) groups is 2. The van der Waals surface area contributed by atoms with E-state index in [0.717, 1.165) is 33.6 Å². The first-order valence-corrected chi connectivity index (χ1v) is 10.5. The lowest BCUT2D eigenvalue weighted by Crippen LogP contribution is -2.34. The van der Waals surface area contributed by atoms with Crippen molar-refractivity contribution in [2.75, 3.05) is 10.6 Å². The summed E-state index contributed by atoms with van der Waals surface area (Å²) < 4.78 is 0. The van der Waals surface area contributed by atoms with E-state index in [-0.39, 0.29) is 23.7 Å². The van der Waals surface area contributed by atoms with Crippen LogP contribution in [0.25, 0.3) is 0 Å². The van der Waals surface area contributed by atoms with Crippen molar-refractivity contribution in [1.29, 1.82) is 0 Å². The number of carbonyl (C=O) groups excluding carboxylic acids is 2. The van der Waals surface area contributed by atoms with Crippen LogP contribution in [0, 0.1) is 19.8 Å². The van der Waals surface area contributed by atoms with Crippen molar-refractivity contribution >= 4 is 23.2 Å². The Labute approximate surface area is 175 Å². The predicted octanol–water partition coefficient (Wildman–Crippen LogP) is 6.15. The quantitative estimate of drug-likeness (QED) is 0.553. The Morgan fingerprint density at radius 3 is 1.45 bits per heavy atom. The SMILES string of the molecule is CCC(C(=O)Nc1c(C)cccc1C(C)C)C(=O)Nc1c(C)cccc1C(C)C. The van der Waals surface area contributed by atoms with Crippen LogP contribution >= 0.6 is 0 Å². The number of hydrogen-bond donors (Lipinski definition) is 2. The van der Waals surface area contributed by atoms with E-state index in [4.69, 9.17) is 0 Å². The molecule has 0 aliphatic rings. The van der Waals surface area contributed by atoms with Gasteiger partial charge in [0.15, 0.2) is 0 Å². The molecule has 4 nitrogen and oxygen atoms in total. The molecular weight excluding hydrogens is 360 g/mol. The van der Waals surface area contributed by atoms with E-state index in [1.807, 2.05) is 57.2 Å². The van der Waals surface area contributed by atoms with Gasteiger partial charge in [-0.25, -0.2) is 0 Å². The lowest BCUT2D eigenvalue weighted by Gasteiger charge is -2.21. The van der Waals surface area contributed by atoms with Crippen LogP contribution in [0.4, 0.5) is 11.4 Å². The summed E-state index contributed by atoms with van der Waals surface area (Å²) in [6, 6.07) is 12.0. The molecule has 2 rings (SSSR count). The highest BCUT2D eigenvalue weighted by Gasteiger charge is 2.27. The Morgan fingerprint density at radius 2 is 1.14 bits per heavy atom. The number of rotatable bonds is 7. The maximum absolute atomic E-state index is 13.0. The third-order valence-corrected chi connectivity index (χ3v) is 5.39. The van der Waals surface area contributed by atoms with Crippen LogP contribution < -0.4 is 10.6 Å². The second-order valence-corrected chi connectivity index (χ2v) is 8.33.